The molecule has 0 aromatic heterocycles. The molecule has 16 heteroatoms. The Hall–Kier alpha value is -4.12. The molecule has 0 aliphatic carbocycles. The molecule has 0 spiro atoms. The maximum absolute atomic E-state index is 11.7. The fourth-order valence-electron chi connectivity index (χ4n) is 3.39. The van der Waals surface area contributed by atoms with Gasteiger partial charge in [0.2, 0.25) is 18.2 Å². The SMILES string of the molecule is CC(C)C(=O)OCc1ccc(NC=O)cc1.CCC.CCC(=O)CCOCCOCCOCCOCCC(=O)NCC(=O)NCCCCNC(N)=O. The van der Waals surface area contributed by atoms with E-state index in [1.165, 1.54) is 6.42 Å². The number of hydrogen-bond donors (Lipinski definition) is 5. The number of nitrogens with two attached hydrogens (primary N) is 1. The van der Waals surface area contributed by atoms with Crippen molar-refractivity contribution in [1.29, 1.82) is 0 Å². The van der Waals surface area contributed by atoms with E-state index in [9.17, 15) is 28.8 Å². The number of unbranched alkanes of at least 4 members (excludes halogenated alkanes) is 1. The van der Waals surface area contributed by atoms with Crippen LogP contribution in [0.15, 0.2) is 24.3 Å². The van der Waals surface area contributed by atoms with Gasteiger partial charge in [-0.1, -0.05) is 53.2 Å². The third kappa shape index (κ3) is 35.7. The first-order chi connectivity index (χ1) is 25.0. The van der Waals surface area contributed by atoms with Gasteiger partial charge < -0.3 is 50.7 Å². The quantitative estimate of drug-likeness (QED) is 0.0477. The number of amides is 5. The van der Waals surface area contributed by atoms with Crippen LogP contribution < -0.4 is 27.0 Å². The number of hydrogen-bond acceptors (Lipinski definition) is 11. The average molecular weight is 742 g/mol. The maximum Gasteiger partial charge on any atom is 0.312 e. The van der Waals surface area contributed by atoms with Crippen molar-refractivity contribution in [3.63, 3.8) is 0 Å². The summed E-state index contributed by atoms with van der Waals surface area (Å²) in [6.07, 6.45) is 4.39. The summed E-state index contributed by atoms with van der Waals surface area (Å²) in [5.41, 5.74) is 6.55. The summed E-state index contributed by atoms with van der Waals surface area (Å²) in [5, 5.41) is 10.2. The van der Waals surface area contributed by atoms with E-state index in [4.69, 9.17) is 29.4 Å². The zero-order valence-corrected chi connectivity index (χ0v) is 31.8. The summed E-state index contributed by atoms with van der Waals surface area (Å²) < 4.78 is 26.4. The number of anilines is 1. The summed E-state index contributed by atoms with van der Waals surface area (Å²) in [7, 11) is 0. The number of urea groups is 1. The lowest BCUT2D eigenvalue weighted by molar-refractivity contribution is -0.148. The van der Waals surface area contributed by atoms with E-state index in [0.717, 1.165) is 5.56 Å². The molecule has 52 heavy (non-hydrogen) atoms. The fourth-order valence-corrected chi connectivity index (χ4v) is 3.39. The molecule has 0 heterocycles. The highest BCUT2D eigenvalue weighted by Crippen LogP contribution is 2.10. The smallest absolute Gasteiger partial charge is 0.312 e. The lowest BCUT2D eigenvalue weighted by Crippen LogP contribution is -2.37. The van der Waals surface area contributed by atoms with Gasteiger partial charge in [-0.05, 0) is 30.5 Å². The average Bonchev–Trinajstić information content (AvgIpc) is 3.12. The molecule has 1 aromatic rings. The van der Waals surface area contributed by atoms with E-state index in [0.29, 0.717) is 97.1 Å². The summed E-state index contributed by atoms with van der Waals surface area (Å²) in [6.45, 7) is 13.9. The minimum absolute atomic E-state index is 0.0939. The van der Waals surface area contributed by atoms with Crippen LogP contribution in [0.4, 0.5) is 10.5 Å². The predicted octanol–water partition coefficient (Wildman–Crippen LogP) is 2.86. The summed E-state index contributed by atoms with van der Waals surface area (Å²) in [5.74, 6) is -0.686. The van der Waals surface area contributed by atoms with Gasteiger partial charge in [0.05, 0.1) is 65.3 Å². The van der Waals surface area contributed by atoms with Crippen LogP contribution in [-0.2, 0) is 54.3 Å². The number of ether oxygens (including phenoxy) is 5. The molecule has 1 aromatic carbocycles. The van der Waals surface area contributed by atoms with Crippen LogP contribution in [0, 0.1) is 5.92 Å². The Balaban J connectivity index is 0. The molecule has 298 valence electrons. The number of benzene rings is 1. The minimum Gasteiger partial charge on any atom is -0.461 e. The number of carbonyl (C=O) groups is 6. The standard InChI is InChI=1S/C21H40N4O8.C12H15NO3.C3H8/c1-2-18(26)5-9-30-11-13-32-15-16-33-14-12-31-10-6-19(27)25-17-20(28)23-7-3-4-8-24-21(22)29;1-9(2)12(15)16-7-10-3-5-11(6-4-10)13-8-14;1-3-2/h2-17H2,1H3,(H,23,28)(H,25,27)(H3,22,24,29);3-6,8-9H,7H2,1-2H3,(H,13,14);3H2,1-2H3. The second kappa shape index (κ2) is 36.7. The highest BCUT2D eigenvalue weighted by atomic mass is 16.6. The van der Waals surface area contributed by atoms with Gasteiger partial charge >= 0.3 is 12.0 Å². The van der Waals surface area contributed by atoms with Crippen LogP contribution in [0.2, 0.25) is 0 Å². The van der Waals surface area contributed by atoms with E-state index in [1.54, 1.807) is 38.1 Å². The molecular formula is C36H63N5O11. The van der Waals surface area contributed by atoms with Crippen molar-refractivity contribution in [3.05, 3.63) is 29.8 Å². The van der Waals surface area contributed by atoms with Crippen molar-refractivity contribution in [1.82, 2.24) is 16.0 Å². The Labute approximate surface area is 308 Å². The number of Topliss-reactive ketones (excluding diaryl/α,β-unsaturated/α-hetero) is 1. The number of carbonyl (C=O) groups excluding carboxylic acids is 6. The van der Waals surface area contributed by atoms with Crippen LogP contribution in [-0.4, -0.2) is 108 Å². The first-order valence-electron chi connectivity index (χ1n) is 17.9. The summed E-state index contributed by atoms with van der Waals surface area (Å²) in [6, 6.07) is 6.55. The summed E-state index contributed by atoms with van der Waals surface area (Å²) >= 11 is 0. The number of esters is 1. The van der Waals surface area contributed by atoms with Crippen molar-refractivity contribution in [2.75, 3.05) is 77.8 Å². The molecule has 0 saturated carbocycles. The van der Waals surface area contributed by atoms with Crippen LogP contribution in [0.25, 0.3) is 0 Å². The second-order valence-electron chi connectivity index (χ2n) is 11.4. The molecule has 0 aliphatic rings. The lowest BCUT2D eigenvalue weighted by Gasteiger charge is -2.08. The monoisotopic (exact) mass is 741 g/mol. The molecule has 16 nitrogen and oxygen atoms in total. The topological polar surface area (TPSA) is 223 Å². The highest BCUT2D eigenvalue weighted by Gasteiger charge is 2.08. The third-order valence-electron chi connectivity index (χ3n) is 6.21. The number of primary amides is 1. The second-order valence-corrected chi connectivity index (χ2v) is 11.4. The maximum atomic E-state index is 11.7. The zero-order chi connectivity index (χ0) is 39.2. The normalized spacial score (nSPS) is 10.1. The van der Waals surface area contributed by atoms with E-state index < -0.39 is 6.03 Å². The number of ketones is 1. The summed E-state index contributed by atoms with van der Waals surface area (Å²) in [4.78, 5) is 66.2. The van der Waals surface area contributed by atoms with Crippen LogP contribution in [0.3, 0.4) is 0 Å². The molecule has 5 amide bonds. The molecule has 0 aliphatic heterocycles. The number of nitrogens with one attached hydrogen (secondary N) is 4. The molecule has 6 N–H and O–H groups in total. The Morgan fingerprint density at radius 3 is 1.69 bits per heavy atom. The largest absolute Gasteiger partial charge is 0.461 e. The lowest BCUT2D eigenvalue weighted by atomic mass is 10.2. The van der Waals surface area contributed by atoms with E-state index in [-0.39, 0.29) is 55.7 Å². The van der Waals surface area contributed by atoms with E-state index >= 15 is 0 Å². The molecule has 0 bridgehead atoms. The first-order valence-corrected chi connectivity index (χ1v) is 17.9. The van der Waals surface area contributed by atoms with Crippen molar-refractivity contribution < 1.29 is 52.5 Å². The Morgan fingerprint density at radius 1 is 0.712 bits per heavy atom. The minimum atomic E-state index is -0.570. The van der Waals surface area contributed by atoms with Crippen LogP contribution >= 0.6 is 0 Å². The molecule has 1 rings (SSSR count). The van der Waals surface area contributed by atoms with Gasteiger partial charge in [-0.15, -0.1) is 0 Å². The fraction of sp³-hybridized carbons (Fsp3) is 0.667. The molecule has 0 unspecified atom stereocenters. The van der Waals surface area contributed by atoms with E-state index in [1.807, 2.05) is 6.92 Å². The van der Waals surface area contributed by atoms with Gasteiger partial charge in [-0.2, -0.15) is 0 Å². The van der Waals surface area contributed by atoms with Gasteiger partial charge in [0, 0.05) is 38.0 Å². The van der Waals surface area contributed by atoms with Gasteiger partial charge in [0.25, 0.3) is 0 Å². The molecule has 0 saturated heterocycles. The zero-order valence-electron chi connectivity index (χ0n) is 31.8. The Bertz CT molecular complexity index is 1090. The number of rotatable bonds is 28. The van der Waals surface area contributed by atoms with Crippen molar-refractivity contribution in [3.8, 4) is 0 Å². The van der Waals surface area contributed by atoms with Crippen LogP contribution in [0.5, 0.6) is 0 Å². The predicted molar refractivity (Wildman–Crippen MR) is 197 cm³/mol. The van der Waals surface area contributed by atoms with Gasteiger partial charge in [-0.25, -0.2) is 4.79 Å². The van der Waals surface area contributed by atoms with Crippen molar-refractivity contribution >= 4 is 41.7 Å². The first kappa shape index (κ1) is 50.0. The molecule has 0 atom stereocenters. The molecular weight excluding hydrogens is 678 g/mol. The molecule has 0 fully saturated rings. The van der Waals surface area contributed by atoms with Crippen molar-refractivity contribution in [2.45, 2.75) is 79.8 Å². The Morgan fingerprint density at radius 2 is 1.21 bits per heavy atom. The van der Waals surface area contributed by atoms with E-state index in [2.05, 4.69) is 35.1 Å². The van der Waals surface area contributed by atoms with Crippen molar-refractivity contribution in [2.24, 2.45) is 11.7 Å². The van der Waals surface area contributed by atoms with Crippen LogP contribution in [0.1, 0.15) is 78.7 Å². The third-order valence-corrected chi connectivity index (χ3v) is 6.21. The highest BCUT2D eigenvalue weighted by molar-refractivity contribution is 5.84. The molecule has 0 radical (unpaired) electrons. The Kier molecular flexibility index (Phi) is 35.2. The van der Waals surface area contributed by atoms with Gasteiger partial charge in [0.1, 0.15) is 12.4 Å². The van der Waals surface area contributed by atoms with Gasteiger partial charge in [0.15, 0.2) is 0 Å². The van der Waals surface area contributed by atoms with Gasteiger partial charge in [-0.3, -0.25) is 24.0 Å².